The topological polar surface area (TPSA) is 107 Å². The largest absolute Gasteiger partial charge is 0.439 e. The number of thioether (sulfide) groups is 1. The molecule has 196 valence electrons. The number of nitrogens with zero attached hydrogens (tertiary/aromatic N) is 7. The lowest BCUT2D eigenvalue weighted by Crippen LogP contribution is -2.15. The molecule has 0 unspecified atom stereocenters. The molecule has 0 radical (unpaired) electrons. The average molecular weight is 538 g/mol. The molecule has 0 saturated heterocycles. The van der Waals surface area contributed by atoms with E-state index in [0.29, 0.717) is 17.3 Å². The van der Waals surface area contributed by atoms with Gasteiger partial charge in [0.1, 0.15) is 30.5 Å². The summed E-state index contributed by atoms with van der Waals surface area (Å²) in [6, 6.07) is 16.0. The molecule has 0 aliphatic heterocycles. The van der Waals surface area contributed by atoms with E-state index in [2.05, 4.69) is 77.2 Å². The van der Waals surface area contributed by atoms with E-state index < -0.39 is 0 Å². The van der Waals surface area contributed by atoms with Gasteiger partial charge < -0.3 is 19.9 Å². The summed E-state index contributed by atoms with van der Waals surface area (Å²) >= 11 is 1.84. The van der Waals surface area contributed by atoms with Crippen LogP contribution in [0.1, 0.15) is 11.1 Å². The molecular formula is C28H27N9OS. The minimum Gasteiger partial charge on any atom is -0.439 e. The van der Waals surface area contributed by atoms with Crippen molar-refractivity contribution in [3.8, 4) is 17.3 Å². The fourth-order valence-corrected chi connectivity index (χ4v) is 4.62. The first-order valence-corrected chi connectivity index (χ1v) is 13.9. The fourth-order valence-electron chi connectivity index (χ4n) is 4.28. The summed E-state index contributed by atoms with van der Waals surface area (Å²) in [6.07, 6.45) is 11.2. The van der Waals surface area contributed by atoms with Gasteiger partial charge in [-0.15, -0.1) is 10.2 Å². The Labute approximate surface area is 229 Å². The van der Waals surface area contributed by atoms with Crippen LogP contribution < -0.4 is 15.4 Å². The van der Waals surface area contributed by atoms with Crippen molar-refractivity contribution in [2.75, 3.05) is 23.9 Å². The molecule has 0 saturated carbocycles. The van der Waals surface area contributed by atoms with E-state index in [1.165, 1.54) is 5.56 Å². The first-order valence-electron chi connectivity index (χ1n) is 12.5. The van der Waals surface area contributed by atoms with Crippen LogP contribution in [0.3, 0.4) is 0 Å². The fraction of sp³-hybridized carbons (Fsp3) is 0.179. The summed E-state index contributed by atoms with van der Waals surface area (Å²) in [5.74, 6) is 3.00. The molecule has 0 fully saturated rings. The van der Waals surface area contributed by atoms with Crippen molar-refractivity contribution in [2.45, 2.75) is 13.5 Å². The first-order chi connectivity index (χ1) is 19.2. The van der Waals surface area contributed by atoms with Gasteiger partial charge in [-0.3, -0.25) is 4.40 Å². The molecule has 0 aliphatic rings. The van der Waals surface area contributed by atoms with Crippen LogP contribution in [-0.2, 0) is 6.54 Å². The SMILES string of the molecule is CSCCNCc1ccn(-c2ccc3ncnc(Nc4ccc(Oc5cc6nncn6cn5)c(C)c4)c3c2)c1. The van der Waals surface area contributed by atoms with Crippen molar-refractivity contribution >= 4 is 39.8 Å². The first kappa shape index (κ1) is 24.8. The number of aryl methyl sites for hydroxylation is 1. The Hall–Kier alpha value is -4.48. The Balaban J connectivity index is 1.21. The lowest BCUT2D eigenvalue weighted by molar-refractivity contribution is 0.458. The molecule has 4 aromatic heterocycles. The number of rotatable bonds is 10. The molecule has 0 amide bonds. The molecular weight excluding hydrogens is 510 g/mol. The summed E-state index contributed by atoms with van der Waals surface area (Å²) < 4.78 is 9.87. The smallest absolute Gasteiger partial charge is 0.224 e. The normalized spacial score (nSPS) is 11.3. The van der Waals surface area contributed by atoms with E-state index in [9.17, 15) is 0 Å². The minimum atomic E-state index is 0.456. The lowest BCUT2D eigenvalue weighted by Gasteiger charge is -2.13. The monoisotopic (exact) mass is 537 g/mol. The molecule has 0 aliphatic carbocycles. The van der Waals surface area contributed by atoms with E-state index in [1.807, 2.05) is 43.0 Å². The summed E-state index contributed by atoms with van der Waals surface area (Å²) in [7, 11) is 0. The zero-order valence-electron chi connectivity index (χ0n) is 21.6. The van der Waals surface area contributed by atoms with Gasteiger partial charge in [-0.1, -0.05) is 0 Å². The quantitative estimate of drug-likeness (QED) is 0.229. The number of hydrogen-bond acceptors (Lipinski definition) is 9. The van der Waals surface area contributed by atoms with Crippen LogP contribution in [0.4, 0.5) is 11.5 Å². The van der Waals surface area contributed by atoms with Gasteiger partial charge in [-0.2, -0.15) is 11.8 Å². The Morgan fingerprint density at radius 1 is 1.00 bits per heavy atom. The van der Waals surface area contributed by atoms with Crippen molar-refractivity contribution in [3.05, 3.63) is 91.0 Å². The lowest BCUT2D eigenvalue weighted by atomic mass is 10.1. The van der Waals surface area contributed by atoms with Crippen molar-refractivity contribution < 1.29 is 4.74 Å². The Bertz CT molecular complexity index is 1750. The van der Waals surface area contributed by atoms with E-state index in [-0.39, 0.29) is 0 Å². The van der Waals surface area contributed by atoms with Crippen molar-refractivity contribution in [1.29, 1.82) is 0 Å². The number of anilines is 2. The number of benzene rings is 2. The van der Waals surface area contributed by atoms with Crippen LogP contribution in [0.2, 0.25) is 0 Å². The minimum absolute atomic E-state index is 0.456. The second kappa shape index (κ2) is 11.1. The van der Waals surface area contributed by atoms with Crippen LogP contribution >= 0.6 is 11.8 Å². The van der Waals surface area contributed by atoms with Crippen LogP contribution in [0.5, 0.6) is 11.6 Å². The van der Waals surface area contributed by atoms with Crippen LogP contribution in [0.25, 0.3) is 22.2 Å². The maximum absolute atomic E-state index is 6.01. The summed E-state index contributed by atoms with van der Waals surface area (Å²) in [5, 5.41) is 15.8. The highest BCUT2D eigenvalue weighted by Gasteiger charge is 2.10. The van der Waals surface area contributed by atoms with Crippen LogP contribution in [0.15, 0.2) is 79.9 Å². The van der Waals surface area contributed by atoms with Gasteiger partial charge >= 0.3 is 0 Å². The number of nitrogens with one attached hydrogen (secondary N) is 2. The Morgan fingerprint density at radius 3 is 2.85 bits per heavy atom. The maximum atomic E-state index is 6.01. The zero-order chi connectivity index (χ0) is 26.6. The van der Waals surface area contributed by atoms with Gasteiger partial charge in [0.25, 0.3) is 0 Å². The molecule has 0 spiro atoms. The van der Waals surface area contributed by atoms with E-state index >= 15 is 0 Å². The molecule has 6 rings (SSSR count). The second-order valence-electron chi connectivity index (χ2n) is 9.05. The van der Waals surface area contributed by atoms with Crippen LogP contribution in [-0.4, -0.2) is 52.7 Å². The number of fused-ring (bicyclic) bond motifs is 2. The van der Waals surface area contributed by atoms with Crippen molar-refractivity contribution in [1.82, 2.24) is 39.4 Å². The molecule has 11 heteroatoms. The summed E-state index contributed by atoms with van der Waals surface area (Å²) in [5.41, 5.74) is 5.68. The summed E-state index contributed by atoms with van der Waals surface area (Å²) in [6.45, 7) is 3.84. The average Bonchev–Trinajstić information content (AvgIpc) is 3.62. The van der Waals surface area contributed by atoms with Gasteiger partial charge in [-0.05, 0) is 66.8 Å². The number of ether oxygens (including phenoxy) is 1. The molecule has 2 aromatic carbocycles. The molecule has 0 bridgehead atoms. The third-order valence-corrected chi connectivity index (χ3v) is 6.91. The standard InChI is InChI=1S/C28H27N9OS/c1-19-11-21(3-6-25(19)38-27-13-26-35-33-18-37(26)17-32-27)34-28-23-12-22(4-5-24(23)30-16-31-28)36-9-7-20(15-36)14-29-8-10-39-2/h3-7,9,11-13,15-18,29H,8,10,14H2,1-2H3,(H,30,31,34). The molecule has 39 heavy (non-hydrogen) atoms. The highest BCUT2D eigenvalue weighted by Crippen LogP contribution is 2.30. The van der Waals surface area contributed by atoms with Gasteiger partial charge in [0.2, 0.25) is 5.88 Å². The van der Waals surface area contributed by atoms with Gasteiger partial charge in [0.15, 0.2) is 5.65 Å². The van der Waals surface area contributed by atoms with Crippen LogP contribution in [0, 0.1) is 6.92 Å². The van der Waals surface area contributed by atoms with Crippen molar-refractivity contribution in [3.63, 3.8) is 0 Å². The van der Waals surface area contributed by atoms with Crippen molar-refractivity contribution in [2.24, 2.45) is 0 Å². The van der Waals surface area contributed by atoms with Gasteiger partial charge in [0.05, 0.1) is 5.52 Å². The number of hydrogen-bond donors (Lipinski definition) is 2. The second-order valence-corrected chi connectivity index (χ2v) is 10.0. The van der Waals surface area contributed by atoms with Gasteiger partial charge in [0, 0.05) is 54.1 Å². The molecule has 4 heterocycles. The molecule has 6 aromatic rings. The molecule has 2 N–H and O–H groups in total. The third-order valence-electron chi connectivity index (χ3n) is 6.30. The highest BCUT2D eigenvalue weighted by atomic mass is 32.2. The molecule has 0 atom stereocenters. The predicted octanol–water partition coefficient (Wildman–Crippen LogP) is 5.16. The Kier molecular flexibility index (Phi) is 7.07. The van der Waals surface area contributed by atoms with Gasteiger partial charge in [-0.25, -0.2) is 15.0 Å². The van der Waals surface area contributed by atoms with E-state index in [0.717, 1.165) is 52.5 Å². The predicted molar refractivity (Wildman–Crippen MR) is 154 cm³/mol. The molecule has 10 nitrogen and oxygen atoms in total. The third kappa shape index (κ3) is 5.54. The number of aromatic nitrogens is 7. The summed E-state index contributed by atoms with van der Waals surface area (Å²) in [4.78, 5) is 13.3. The highest BCUT2D eigenvalue weighted by molar-refractivity contribution is 7.98. The van der Waals surface area contributed by atoms with E-state index in [4.69, 9.17) is 4.74 Å². The van der Waals surface area contributed by atoms with E-state index in [1.54, 1.807) is 29.4 Å². The zero-order valence-corrected chi connectivity index (χ0v) is 22.4. The Morgan fingerprint density at radius 2 is 1.95 bits per heavy atom. The maximum Gasteiger partial charge on any atom is 0.224 e.